The number of carboxylic acid groups (broad SMARTS) is 1. The van der Waals surface area contributed by atoms with Crippen molar-refractivity contribution in [3.05, 3.63) is 23.4 Å². The van der Waals surface area contributed by atoms with E-state index >= 15 is 0 Å². The van der Waals surface area contributed by atoms with Gasteiger partial charge in [0.25, 0.3) is 0 Å². The number of halogens is 1. The summed E-state index contributed by atoms with van der Waals surface area (Å²) in [6.07, 6.45) is 3.49. The summed E-state index contributed by atoms with van der Waals surface area (Å²) in [5, 5.41) is 8.91. The van der Waals surface area contributed by atoms with Crippen molar-refractivity contribution in [2.45, 2.75) is 18.3 Å². The van der Waals surface area contributed by atoms with E-state index < -0.39 is 12.0 Å². The average Bonchev–Trinajstić information content (AvgIpc) is 2.27. The first-order chi connectivity index (χ1) is 7.57. The second-order valence-corrected chi connectivity index (χ2v) is 4.72. The Morgan fingerprint density at radius 3 is 2.82 bits per heavy atom. The molecule has 2 atom stereocenters. The molecule has 0 bridgehead atoms. The van der Waals surface area contributed by atoms with Crippen LogP contribution >= 0.6 is 24.2 Å². The molecule has 2 aliphatic rings. The Bertz CT molecular complexity index is 422. The molecule has 0 aromatic carbocycles. The number of β-lactam (4-membered cyclic amide) rings is 1. The highest BCUT2D eigenvalue weighted by Gasteiger charge is 2.51. The van der Waals surface area contributed by atoms with Crippen molar-refractivity contribution >= 4 is 36.0 Å². The molecule has 0 aromatic heterocycles. The molecule has 0 saturated carbocycles. The molecule has 5 nitrogen and oxygen atoms in total. The number of allylic oxidation sites excluding steroid dienone is 2. The molecule has 1 saturated heterocycles. The fraction of sp³-hybridized carbons (Fsp3) is 0.400. The molecule has 0 aliphatic carbocycles. The summed E-state index contributed by atoms with van der Waals surface area (Å²) in [4.78, 5) is 24.0. The van der Waals surface area contributed by atoms with Crippen LogP contribution in [0.5, 0.6) is 0 Å². The van der Waals surface area contributed by atoms with Crippen molar-refractivity contribution in [3.63, 3.8) is 0 Å². The molecule has 2 heterocycles. The maximum atomic E-state index is 11.5. The van der Waals surface area contributed by atoms with Crippen molar-refractivity contribution in [3.8, 4) is 0 Å². The molecule has 7 heteroatoms. The van der Waals surface area contributed by atoms with E-state index in [2.05, 4.69) is 0 Å². The number of carbonyl (C=O) groups is 2. The van der Waals surface area contributed by atoms with Gasteiger partial charge in [-0.3, -0.25) is 9.69 Å². The number of aliphatic carboxylic acids is 1. The van der Waals surface area contributed by atoms with Crippen LogP contribution in [-0.4, -0.2) is 39.1 Å². The summed E-state index contributed by atoms with van der Waals surface area (Å²) in [7, 11) is 0. The summed E-state index contributed by atoms with van der Waals surface area (Å²) in [5.74, 6) is -0.802. The molecule has 0 radical (unpaired) electrons. The van der Waals surface area contributed by atoms with Gasteiger partial charge in [0.05, 0.1) is 0 Å². The van der Waals surface area contributed by atoms with E-state index in [1.807, 2.05) is 6.92 Å². The largest absolute Gasteiger partial charge is 0.477 e. The van der Waals surface area contributed by atoms with Gasteiger partial charge in [0.2, 0.25) is 5.91 Å². The van der Waals surface area contributed by atoms with Crippen molar-refractivity contribution in [2.75, 3.05) is 5.75 Å². The van der Waals surface area contributed by atoms with Crippen molar-refractivity contribution in [1.82, 2.24) is 4.90 Å². The number of nitrogens with two attached hydrogens (primary N) is 1. The van der Waals surface area contributed by atoms with Crippen LogP contribution < -0.4 is 5.73 Å². The minimum absolute atomic E-state index is 0. The Kier molecular flexibility index (Phi) is 4.24. The Balaban J connectivity index is 0.00000144. The van der Waals surface area contributed by atoms with Gasteiger partial charge in [-0.2, -0.15) is 0 Å². The minimum Gasteiger partial charge on any atom is -0.477 e. The van der Waals surface area contributed by atoms with E-state index in [4.69, 9.17) is 10.8 Å². The fourth-order valence-electron chi connectivity index (χ4n) is 1.87. The van der Waals surface area contributed by atoms with Crippen LogP contribution in [0.3, 0.4) is 0 Å². The summed E-state index contributed by atoms with van der Waals surface area (Å²) >= 11 is 1.50. The number of rotatable bonds is 2. The van der Waals surface area contributed by atoms with Gasteiger partial charge in [-0.15, -0.1) is 24.2 Å². The molecule has 0 aromatic rings. The maximum Gasteiger partial charge on any atom is 0.352 e. The number of hydrogen-bond donors (Lipinski definition) is 2. The lowest BCUT2D eigenvalue weighted by atomic mass is 10.0. The first-order valence-corrected chi connectivity index (χ1v) is 5.92. The first kappa shape index (κ1) is 14.1. The molecule has 1 fully saturated rings. The van der Waals surface area contributed by atoms with Crippen molar-refractivity contribution in [2.24, 2.45) is 5.73 Å². The van der Waals surface area contributed by atoms with E-state index in [9.17, 15) is 9.59 Å². The molecule has 2 rings (SSSR count). The van der Waals surface area contributed by atoms with Gasteiger partial charge in [-0.25, -0.2) is 4.79 Å². The maximum absolute atomic E-state index is 11.5. The predicted octanol–water partition coefficient (Wildman–Crippen LogP) is 0.565. The van der Waals surface area contributed by atoms with Crippen LogP contribution in [-0.2, 0) is 9.59 Å². The smallest absolute Gasteiger partial charge is 0.352 e. The summed E-state index contributed by atoms with van der Waals surface area (Å²) in [6, 6.07) is -0.563. The van der Waals surface area contributed by atoms with Crippen LogP contribution in [0.25, 0.3) is 0 Å². The number of hydrogen-bond acceptors (Lipinski definition) is 4. The lowest BCUT2D eigenvalue weighted by Crippen LogP contribution is -2.68. The van der Waals surface area contributed by atoms with E-state index in [1.165, 1.54) is 16.7 Å². The van der Waals surface area contributed by atoms with Gasteiger partial charge in [-0.05, 0) is 12.5 Å². The highest BCUT2D eigenvalue weighted by atomic mass is 35.5. The lowest BCUT2D eigenvalue weighted by molar-refractivity contribution is -0.147. The first-order valence-electron chi connectivity index (χ1n) is 4.87. The highest BCUT2D eigenvalue weighted by Crippen LogP contribution is 2.39. The summed E-state index contributed by atoms with van der Waals surface area (Å²) in [5.41, 5.74) is 6.35. The zero-order valence-corrected chi connectivity index (χ0v) is 10.8. The Morgan fingerprint density at radius 1 is 1.65 bits per heavy atom. The van der Waals surface area contributed by atoms with E-state index in [-0.39, 0.29) is 29.4 Å². The third-order valence-corrected chi connectivity index (χ3v) is 3.93. The standard InChI is InChI=1S/C10H12N2O3S.ClH/c1-2-3-5-4-16-9-6(11)8(13)12(9)7(5)10(14)15;/h2-3,6,9H,4,11H2,1H3,(H,14,15);1H/t6?,9-;/m1./s1. The van der Waals surface area contributed by atoms with Crippen LogP contribution in [0.2, 0.25) is 0 Å². The lowest BCUT2D eigenvalue weighted by Gasteiger charge is -2.47. The second-order valence-electron chi connectivity index (χ2n) is 3.61. The molecule has 94 valence electrons. The van der Waals surface area contributed by atoms with E-state index in [1.54, 1.807) is 12.2 Å². The van der Waals surface area contributed by atoms with Gasteiger partial charge < -0.3 is 10.8 Å². The number of nitrogens with zero attached hydrogens (tertiary/aromatic N) is 1. The van der Waals surface area contributed by atoms with Crippen LogP contribution in [0.15, 0.2) is 23.4 Å². The van der Waals surface area contributed by atoms with Crippen molar-refractivity contribution < 1.29 is 14.7 Å². The van der Waals surface area contributed by atoms with Gasteiger partial charge in [0.1, 0.15) is 17.1 Å². The van der Waals surface area contributed by atoms with Crippen molar-refractivity contribution in [1.29, 1.82) is 0 Å². The molecule has 3 N–H and O–H groups in total. The minimum atomic E-state index is -1.07. The third-order valence-electron chi connectivity index (χ3n) is 2.61. The summed E-state index contributed by atoms with van der Waals surface area (Å²) < 4.78 is 0. The van der Waals surface area contributed by atoms with E-state index in [0.717, 1.165) is 0 Å². The molecule has 2 aliphatic heterocycles. The number of carboxylic acids is 1. The molecule has 1 unspecified atom stereocenters. The SMILES string of the molecule is CC=CC1=C(C(=O)O)N2C(=O)C(N)[C@H]2SC1.Cl. The Labute approximate surface area is 109 Å². The molecule has 0 spiro atoms. The summed E-state index contributed by atoms with van der Waals surface area (Å²) in [6.45, 7) is 1.81. The quantitative estimate of drug-likeness (QED) is 0.720. The van der Waals surface area contributed by atoms with Gasteiger partial charge in [0, 0.05) is 5.75 Å². The topological polar surface area (TPSA) is 83.6 Å². The average molecular weight is 277 g/mol. The van der Waals surface area contributed by atoms with Gasteiger partial charge in [0.15, 0.2) is 0 Å². The molecule has 17 heavy (non-hydrogen) atoms. The zero-order chi connectivity index (χ0) is 11.9. The van der Waals surface area contributed by atoms with Gasteiger partial charge >= 0.3 is 5.97 Å². The molecular weight excluding hydrogens is 264 g/mol. The second kappa shape index (κ2) is 5.12. The number of thioether (sulfide) groups is 1. The number of amides is 1. The molecule has 1 amide bonds. The van der Waals surface area contributed by atoms with E-state index in [0.29, 0.717) is 11.3 Å². The highest BCUT2D eigenvalue weighted by molar-refractivity contribution is 8.00. The predicted molar refractivity (Wildman–Crippen MR) is 67.8 cm³/mol. The normalized spacial score (nSPS) is 27.6. The Morgan fingerprint density at radius 2 is 2.29 bits per heavy atom. The van der Waals surface area contributed by atoms with Crippen LogP contribution in [0.1, 0.15) is 6.92 Å². The monoisotopic (exact) mass is 276 g/mol. The molecular formula is C10H13ClN2O3S. The third kappa shape index (κ3) is 2.08. The fourth-order valence-corrected chi connectivity index (χ4v) is 3.13. The van der Waals surface area contributed by atoms with Crippen LogP contribution in [0.4, 0.5) is 0 Å². The Hall–Kier alpha value is -0.980. The number of fused-ring (bicyclic) bond motifs is 1. The van der Waals surface area contributed by atoms with Crippen LogP contribution in [0, 0.1) is 0 Å². The number of carbonyl (C=O) groups excluding carboxylic acids is 1. The van der Waals surface area contributed by atoms with Gasteiger partial charge in [-0.1, -0.05) is 12.2 Å². The zero-order valence-electron chi connectivity index (χ0n) is 9.12.